The molecule has 1 fully saturated rings. The molecular formula is C14H15FN2S. The normalized spacial score (nSPS) is 16.2. The zero-order chi connectivity index (χ0) is 12.5. The van der Waals surface area contributed by atoms with Crippen LogP contribution in [-0.4, -0.2) is 29.6 Å². The van der Waals surface area contributed by atoms with E-state index < -0.39 is 0 Å². The molecule has 4 heteroatoms. The van der Waals surface area contributed by atoms with Gasteiger partial charge in [0.2, 0.25) is 0 Å². The van der Waals surface area contributed by atoms with Gasteiger partial charge in [-0.1, -0.05) is 0 Å². The van der Waals surface area contributed by atoms with Gasteiger partial charge in [-0.05, 0) is 30.7 Å². The van der Waals surface area contributed by atoms with Crippen molar-refractivity contribution in [3.8, 4) is 0 Å². The SMILES string of the molecule is Cc1cc(N2CCSCC2)nc2cc(F)ccc12. The van der Waals surface area contributed by atoms with Crippen LogP contribution >= 0.6 is 11.8 Å². The van der Waals surface area contributed by atoms with Gasteiger partial charge in [-0.25, -0.2) is 9.37 Å². The first-order chi connectivity index (χ1) is 8.74. The molecule has 0 spiro atoms. The second-order valence-corrected chi connectivity index (χ2v) is 5.78. The van der Waals surface area contributed by atoms with Crippen LogP contribution in [0.4, 0.5) is 10.2 Å². The predicted octanol–water partition coefficient (Wildman–Crippen LogP) is 3.24. The molecule has 0 unspecified atom stereocenters. The minimum atomic E-state index is -0.222. The summed E-state index contributed by atoms with van der Waals surface area (Å²) in [5.41, 5.74) is 1.91. The predicted molar refractivity (Wildman–Crippen MR) is 76.0 cm³/mol. The lowest BCUT2D eigenvalue weighted by atomic mass is 10.1. The number of hydrogen-bond donors (Lipinski definition) is 0. The Morgan fingerprint density at radius 2 is 2.00 bits per heavy atom. The number of aryl methyl sites for hydroxylation is 1. The second-order valence-electron chi connectivity index (χ2n) is 4.56. The van der Waals surface area contributed by atoms with E-state index >= 15 is 0 Å². The minimum absolute atomic E-state index is 0.222. The summed E-state index contributed by atoms with van der Waals surface area (Å²) < 4.78 is 13.3. The highest BCUT2D eigenvalue weighted by molar-refractivity contribution is 7.99. The Morgan fingerprint density at radius 3 is 2.78 bits per heavy atom. The molecule has 2 nitrogen and oxygen atoms in total. The van der Waals surface area contributed by atoms with Gasteiger partial charge in [0.25, 0.3) is 0 Å². The van der Waals surface area contributed by atoms with E-state index in [1.54, 1.807) is 0 Å². The van der Waals surface area contributed by atoms with E-state index in [9.17, 15) is 4.39 Å². The van der Waals surface area contributed by atoms with E-state index in [4.69, 9.17) is 0 Å². The molecule has 2 aromatic rings. The zero-order valence-electron chi connectivity index (χ0n) is 10.3. The quantitative estimate of drug-likeness (QED) is 0.785. The van der Waals surface area contributed by atoms with E-state index in [0.29, 0.717) is 0 Å². The van der Waals surface area contributed by atoms with Crippen molar-refractivity contribution in [3.63, 3.8) is 0 Å². The monoisotopic (exact) mass is 262 g/mol. The summed E-state index contributed by atoms with van der Waals surface area (Å²) in [5, 5.41) is 1.03. The Bertz CT molecular complexity index is 579. The van der Waals surface area contributed by atoms with Crippen LogP contribution in [0, 0.1) is 12.7 Å². The van der Waals surface area contributed by atoms with Crippen molar-refractivity contribution in [3.05, 3.63) is 35.6 Å². The van der Waals surface area contributed by atoms with Crippen molar-refractivity contribution in [1.29, 1.82) is 0 Å². The molecule has 1 saturated heterocycles. The lowest BCUT2D eigenvalue weighted by molar-refractivity contribution is 0.629. The molecule has 1 aliphatic heterocycles. The van der Waals surface area contributed by atoms with Gasteiger partial charge in [-0.3, -0.25) is 0 Å². The van der Waals surface area contributed by atoms with E-state index in [1.165, 1.54) is 12.1 Å². The number of anilines is 1. The fourth-order valence-electron chi connectivity index (χ4n) is 2.31. The summed E-state index contributed by atoms with van der Waals surface area (Å²) in [6.07, 6.45) is 0. The van der Waals surface area contributed by atoms with Crippen LogP contribution < -0.4 is 4.90 Å². The maximum atomic E-state index is 13.3. The maximum absolute atomic E-state index is 13.3. The van der Waals surface area contributed by atoms with E-state index in [2.05, 4.69) is 22.9 Å². The molecule has 0 atom stereocenters. The van der Waals surface area contributed by atoms with E-state index in [1.807, 2.05) is 17.8 Å². The Morgan fingerprint density at radius 1 is 1.22 bits per heavy atom. The third-order valence-corrected chi connectivity index (χ3v) is 4.24. The number of benzene rings is 1. The largest absolute Gasteiger partial charge is 0.355 e. The van der Waals surface area contributed by atoms with Crippen LogP contribution in [-0.2, 0) is 0 Å². The third kappa shape index (κ3) is 2.17. The minimum Gasteiger partial charge on any atom is -0.355 e. The zero-order valence-corrected chi connectivity index (χ0v) is 11.1. The fourth-order valence-corrected chi connectivity index (χ4v) is 3.22. The molecule has 0 saturated carbocycles. The number of thioether (sulfide) groups is 1. The third-order valence-electron chi connectivity index (χ3n) is 3.30. The molecule has 94 valence electrons. The average Bonchev–Trinajstić information content (AvgIpc) is 2.39. The molecule has 0 amide bonds. The van der Waals surface area contributed by atoms with Gasteiger partial charge >= 0.3 is 0 Å². The molecule has 1 aliphatic rings. The number of hydrogen-bond acceptors (Lipinski definition) is 3. The van der Waals surface area contributed by atoms with Gasteiger partial charge in [0, 0.05) is 36.0 Å². The topological polar surface area (TPSA) is 16.1 Å². The Hall–Kier alpha value is -1.29. The lowest BCUT2D eigenvalue weighted by Gasteiger charge is -2.28. The molecule has 1 aromatic heterocycles. The smallest absolute Gasteiger partial charge is 0.129 e. The van der Waals surface area contributed by atoms with Crippen LogP contribution in [0.3, 0.4) is 0 Å². The summed E-state index contributed by atoms with van der Waals surface area (Å²) >= 11 is 1.97. The maximum Gasteiger partial charge on any atom is 0.129 e. The Kier molecular flexibility index (Phi) is 3.12. The summed E-state index contributed by atoms with van der Waals surface area (Å²) in [6, 6.07) is 6.93. The van der Waals surface area contributed by atoms with Crippen LogP contribution in [0.15, 0.2) is 24.3 Å². The number of fused-ring (bicyclic) bond motifs is 1. The van der Waals surface area contributed by atoms with Gasteiger partial charge in [-0.15, -0.1) is 0 Å². The standard InChI is InChI=1S/C14H15FN2S/c1-10-8-14(17-4-6-18-7-5-17)16-13-9-11(15)2-3-12(10)13/h2-3,8-9H,4-7H2,1H3. The average molecular weight is 262 g/mol. The summed E-state index contributed by atoms with van der Waals surface area (Å²) in [6.45, 7) is 4.11. The molecule has 3 rings (SSSR count). The van der Waals surface area contributed by atoms with Crippen molar-refractivity contribution < 1.29 is 4.39 Å². The number of rotatable bonds is 1. The van der Waals surface area contributed by atoms with Crippen molar-refractivity contribution in [2.75, 3.05) is 29.5 Å². The van der Waals surface area contributed by atoms with Gasteiger partial charge in [0.15, 0.2) is 0 Å². The summed E-state index contributed by atoms with van der Waals surface area (Å²) in [7, 11) is 0. The number of halogens is 1. The number of nitrogens with zero attached hydrogens (tertiary/aromatic N) is 2. The van der Waals surface area contributed by atoms with Gasteiger partial charge in [-0.2, -0.15) is 11.8 Å². The fraction of sp³-hybridized carbons (Fsp3) is 0.357. The highest BCUT2D eigenvalue weighted by Crippen LogP contribution is 2.24. The van der Waals surface area contributed by atoms with Gasteiger partial charge in [0.1, 0.15) is 11.6 Å². The molecule has 18 heavy (non-hydrogen) atoms. The molecular weight excluding hydrogens is 247 g/mol. The van der Waals surface area contributed by atoms with Gasteiger partial charge in [0.05, 0.1) is 5.52 Å². The van der Waals surface area contributed by atoms with E-state index in [-0.39, 0.29) is 5.82 Å². The molecule has 1 aromatic carbocycles. The highest BCUT2D eigenvalue weighted by Gasteiger charge is 2.14. The first kappa shape index (κ1) is 11.8. The Labute approximate surface area is 110 Å². The number of pyridine rings is 1. The lowest BCUT2D eigenvalue weighted by Crippen LogP contribution is -2.33. The highest BCUT2D eigenvalue weighted by atomic mass is 32.2. The molecule has 0 bridgehead atoms. The first-order valence-corrected chi connectivity index (χ1v) is 7.29. The Balaban J connectivity index is 2.07. The molecule has 0 aliphatic carbocycles. The van der Waals surface area contributed by atoms with Gasteiger partial charge < -0.3 is 4.90 Å². The summed E-state index contributed by atoms with van der Waals surface area (Å²) in [4.78, 5) is 6.88. The summed E-state index contributed by atoms with van der Waals surface area (Å²) in [5.74, 6) is 3.04. The first-order valence-electron chi connectivity index (χ1n) is 6.13. The van der Waals surface area contributed by atoms with Crippen molar-refractivity contribution >= 4 is 28.5 Å². The van der Waals surface area contributed by atoms with Crippen LogP contribution in [0.1, 0.15) is 5.56 Å². The molecule has 0 radical (unpaired) electrons. The van der Waals surface area contributed by atoms with Crippen molar-refractivity contribution in [1.82, 2.24) is 4.98 Å². The molecule has 0 N–H and O–H groups in total. The van der Waals surface area contributed by atoms with Crippen LogP contribution in [0.5, 0.6) is 0 Å². The van der Waals surface area contributed by atoms with Crippen molar-refractivity contribution in [2.45, 2.75) is 6.92 Å². The van der Waals surface area contributed by atoms with Crippen LogP contribution in [0.2, 0.25) is 0 Å². The van der Waals surface area contributed by atoms with Crippen LogP contribution in [0.25, 0.3) is 10.9 Å². The van der Waals surface area contributed by atoms with Crippen molar-refractivity contribution in [2.24, 2.45) is 0 Å². The van der Waals surface area contributed by atoms with E-state index in [0.717, 1.165) is 46.9 Å². The number of aromatic nitrogens is 1. The molecule has 2 heterocycles. The second kappa shape index (κ2) is 4.76.